The van der Waals surface area contributed by atoms with Gasteiger partial charge in [-0.3, -0.25) is 10.00 Å². The Labute approximate surface area is 206 Å². The Morgan fingerprint density at radius 3 is 2.37 bits per heavy atom. The third-order valence-corrected chi connectivity index (χ3v) is 9.21. The highest BCUT2D eigenvalue weighted by atomic mass is 32.2. The second-order valence-electron chi connectivity index (χ2n) is 10.1. The molecule has 5 rings (SSSR count). The molecular formula is C24H34N6O4S. The van der Waals surface area contributed by atoms with Crippen LogP contribution in [0.1, 0.15) is 53.6 Å². The summed E-state index contributed by atoms with van der Waals surface area (Å²) in [6.45, 7) is 3.04. The van der Waals surface area contributed by atoms with Gasteiger partial charge in [-0.05, 0) is 94.1 Å². The van der Waals surface area contributed by atoms with Gasteiger partial charge in [-0.25, -0.2) is 9.10 Å². The average Bonchev–Trinajstić information content (AvgIpc) is 3.53. The van der Waals surface area contributed by atoms with Gasteiger partial charge in [0.2, 0.25) is 0 Å². The summed E-state index contributed by atoms with van der Waals surface area (Å²) in [5, 5.41) is 20.4. The number of carbonyl (C=O) groups excluding carboxylic acids is 1. The van der Waals surface area contributed by atoms with Crippen molar-refractivity contribution in [3.05, 3.63) is 45.4 Å². The van der Waals surface area contributed by atoms with Crippen LogP contribution in [-0.2, 0) is 42.9 Å². The van der Waals surface area contributed by atoms with Crippen LogP contribution >= 0.6 is 0 Å². The molecule has 2 N–H and O–H groups in total. The number of anilines is 2. The average molecular weight is 503 g/mol. The summed E-state index contributed by atoms with van der Waals surface area (Å²) < 4.78 is 28.8. The number of likely N-dealkylation sites (tertiary alicyclic amines) is 1. The van der Waals surface area contributed by atoms with Gasteiger partial charge in [0.05, 0.1) is 23.1 Å². The smallest absolute Gasteiger partial charge is 0.436 e. The number of quaternary nitrogens is 1. The van der Waals surface area contributed by atoms with Crippen molar-refractivity contribution in [1.82, 2.24) is 14.7 Å². The maximum Gasteiger partial charge on any atom is 0.436 e. The lowest BCUT2D eigenvalue weighted by atomic mass is 9.99. The molecule has 10 nitrogen and oxygen atoms in total. The Morgan fingerprint density at radius 2 is 1.80 bits per heavy atom. The van der Waals surface area contributed by atoms with Gasteiger partial charge in [0.25, 0.3) is 0 Å². The number of hydroxylamine groups is 1. The molecule has 0 bridgehead atoms. The predicted octanol–water partition coefficient (Wildman–Crippen LogP) is 1.47. The quantitative estimate of drug-likeness (QED) is 0.599. The fourth-order valence-corrected chi connectivity index (χ4v) is 7.46. The minimum absolute atomic E-state index is 0.343. The van der Waals surface area contributed by atoms with E-state index in [1.165, 1.54) is 15.8 Å². The Balaban J connectivity index is 1.48. The second-order valence-corrected chi connectivity index (χ2v) is 11.8. The number of likely N-dealkylation sites (N-methyl/N-ethyl adjacent to an activating group) is 1. The summed E-state index contributed by atoms with van der Waals surface area (Å²) in [4.78, 5) is 15.3. The van der Waals surface area contributed by atoms with E-state index in [9.17, 15) is 18.4 Å². The molecule has 2 atom stereocenters. The number of nitrogens with zero attached hydrogens (tertiary/aromatic N) is 4. The zero-order valence-electron chi connectivity index (χ0n) is 20.6. The summed E-state index contributed by atoms with van der Waals surface area (Å²) in [5.74, 6) is 0. The molecule has 190 valence electrons. The number of urea groups is 1. The lowest BCUT2D eigenvalue weighted by Gasteiger charge is -2.38. The molecule has 1 saturated heterocycles. The number of carbonyl (C=O) groups is 1. The van der Waals surface area contributed by atoms with Crippen LogP contribution in [0.2, 0.25) is 0 Å². The number of amides is 2. The highest BCUT2D eigenvalue weighted by molar-refractivity contribution is 7.86. The molecule has 0 saturated carbocycles. The Morgan fingerprint density at radius 1 is 1.14 bits per heavy atom. The van der Waals surface area contributed by atoms with Crippen LogP contribution in [0.5, 0.6) is 0 Å². The Hall–Kier alpha value is -2.47. The third kappa shape index (κ3) is 4.35. The van der Waals surface area contributed by atoms with E-state index in [1.54, 1.807) is 20.2 Å². The van der Waals surface area contributed by atoms with Gasteiger partial charge in [-0.15, -0.1) is 0 Å². The molecule has 11 heteroatoms. The van der Waals surface area contributed by atoms with Crippen LogP contribution in [0.3, 0.4) is 0 Å². The standard InChI is InChI=1S/C24H34N6O4S/c1-16-22(15-28(3)26-16)29(19-9-6-12-27(2)14-19)35(33,34)30(32)24(31)25-23-20-10-4-7-17(20)13-18-8-5-11-21(18)23/h13,15,19,30H,4-12,14H2,1-3H3,(H,25,31). The van der Waals surface area contributed by atoms with Crippen molar-refractivity contribution < 1.29 is 17.7 Å². The van der Waals surface area contributed by atoms with Crippen LogP contribution in [0, 0.1) is 12.1 Å². The minimum atomic E-state index is -4.63. The molecule has 0 radical (unpaired) electrons. The molecule has 1 aromatic carbocycles. The maximum atomic E-state index is 13.8. The first kappa shape index (κ1) is 24.2. The van der Waals surface area contributed by atoms with E-state index in [0.29, 0.717) is 30.0 Å². The van der Waals surface area contributed by atoms with Gasteiger partial charge in [-0.1, -0.05) is 6.07 Å². The number of benzene rings is 1. The first-order valence-corrected chi connectivity index (χ1v) is 13.9. The minimum Gasteiger partial charge on any atom is -0.608 e. The Bertz CT molecular complexity index is 1220. The number of hydrogen-bond acceptors (Lipinski definition) is 6. The molecule has 2 aromatic rings. The van der Waals surface area contributed by atoms with Crippen molar-refractivity contribution in [2.75, 3.05) is 29.8 Å². The van der Waals surface area contributed by atoms with Gasteiger partial charge < -0.3 is 10.1 Å². The van der Waals surface area contributed by atoms with E-state index < -0.39 is 26.8 Å². The fraction of sp³-hybridized carbons (Fsp3) is 0.583. The topological polar surface area (TPSA) is 115 Å². The molecule has 2 heterocycles. The van der Waals surface area contributed by atoms with Gasteiger partial charge in [0.1, 0.15) is 0 Å². The summed E-state index contributed by atoms with van der Waals surface area (Å²) in [6, 6.07) is 0.685. The molecule has 2 amide bonds. The molecular weight excluding hydrogens is 468 g/mol. The largest absolute Gasteiger partial charge is 0.608 e. The van der Waals surface area contributed by atoms with Gasteiger partial charge in [-0.2, -0.15) is 18.0 Å². The van der Waals surface area contributed by atoms with Crippen LogP contribution in [0.4, 0.5) is 16.2 Å². The molecule has 35 heavy (non-hydrogen) atoms. The van der Waals surface area contributed by atoms with Crippen LogP contribution in [0.25, 0.3) is 0 Å². The molecule has 1 fully saturated rings. The fourth-order valence-electron chi connectivity index (χ4n) is 5.99. The Kier molecular flexibility index (Phi) is 6.37. The highest BCUT2D eigenvalue weighted by Gasteiger charge is 2.42. The lowest BCUT2D eigenvalue weighted by Crippen LogP contribution is -3.14. The van der Waals surface area contributed by atoms with Crippen molar-refractivity contribution in [2.45, 2.75) is 64.3 Å². The van der Waals surface area contributed by atoms with Crippen molar-refractivity contribution >= 4 is 27.6 Å². The summed E-state index contributed by atoms with van der Waals surface area (Å²) >= 11 is 0. The van der Waals surface area contributed by atoms with Crippen molar-refractivity contribution in [3.63, 3.8) is 0 Å². The van der Waals surface area contributed by atoms with E-state index in [-0.39, 0.29) is 0 Å². The van der Waals surface area contributed by atoms with Crippen molar-refractivity contribution in [2.24, 2.45) is 7.05 Å². The van der Waals surface area contributed by atoms with E-state index in [0.717, 1.165) is 66.9 Å². The van der Waals surface area contributed by atoms with Gasteiger partial charge >= 0.3 is 16.2 Å². The van der Waals surface area contributed by atoms with E-state index >= 15 is 0 Å². The SMILES string of the molecule is Cc1nn(C)cc1N(C1CCCN(C)C1)S(=O)(=O)[NH+]([O-])C(=O)Nc1c2c(cc3c1CCC3)CCC2. The van der Waals surface area contributed by atoms with Gasteiger partial charge in [0, 0.05) is 19.8 Å². The zero-order valence-corrected chi connectivity index (χ0v) is 21.4. The molecule has 1 aromatic heterocycles. The molecule has 2 unspecified atom stereocenters. The van der Waals surface area contributed by atoms with E-state index in [2.05, 4.69) is 16.5 Å². The highest BCUT2D eigenvalue weighted by Crippen LogP contribution is 2.38. The number of rotatable bonds is 5. The summed E-state index contributed by atoms with van der Waals surface area (Å²) in [6.07, 6.45) is 8.55. The van der Waals surface area contributed by atoms with Gasteiger partial charge in [0.15, 0.2) is 0 Å². The number of fused-ring (bicyclic) bond motifs is 2. The van der Waals surface area contributed by atoms with Crippen molar-refractivity contribution in [1.29, 1.82) is 0 Å². The zero-order chi connectivity index (χ0) is 24.9. The number of aromatic nitrogens is 2. The van der Waals surface area contributed by atoms with Crippen LogP contribution < -0.4 is 14.1 Å². The number of aryl methyl sites for hydroxylation is 4. The van der Waals surface area contributed by atoms with Crippen LogP contribution in [0.15, 0.2) is 12.3 Å². The number of piperidine rings is 1. The maximum absolute atomic E-state index is 13.8. The molecule has 0 spiro atoms. The second kappa shape index (κ2) is 9.20. The number of hydrogen-bond donors (Lipinski definition) is 2. The van der Waals surface area contributed by atoms with E-state index in [1.807, 2.05) is 11.9 Å². The molecule has 1 aliphatic heterocycles. The van der Waals surface area contributed by atoms with Crippen LogP contribution in [-0.4, -0.2) is 55.3 Å². The monoisotopic (exact) mass is 502 g/mol. The van der Waals surface area contributed by atoms with E-state index in [4.69, 9.17) is 0 Å². The molecule has 2 aliphatic carbocycles. The predicted molar refractivity (Wildman–Crippen MR) is 134 cm³/mol. The lowest BCUT2D eigenvalue weighted by molar-refractivity contribution is -0.604. The third-order valence-electron chi connectivity index (χ3n) is 7.55. The first-order valence-electron chi connectivity index (χ1n) is 12.4. The van der Waals surface area contributed by atoms with Crippen molar-refractivity contribution in [3.8, 4) is 0 Å². The summed E-state index contributed by atoms with van der Waals surface area (Å²) in [7, 11) is -0.995. The normalized spacial score (nSPS) is 21.0. The molecule has 3 aliphatic rings. The number of nitrogens with one attached hydrogen (secondary N) is 2. The first-order chi connectivity index (χ1) is 16.7. The summed E-state index contributed by atoms with van der Waals surface area (Å²) in [5.41, 5.74) is 6.02.